The van der Waals surface area contributed by atoms with Crippen LogP contribution >= 0.6 is 0 Å². The molecule has 0 aliphatic heterocycles. The number of fused-ring (bicyclic) bond motifs is 4. The fourth-order valence-corrected chi connectivity index (χ4v) is 13.6. The van der Waals surface area contributed by atoms with Gasteiger partial charge in [-0.25, -0.2) is 0 Å². The van der Waals surface area contributed by atoms with E-state index in [2.05, 4.69) is 54.2 Å². The van der Waals surface area contributed by atoms with Crippen LogP contribution in [0.25, 0.3) is 0 Å². The molecule has 0 spiro atoms. The minimum Gasteiger partial charge on any atom is -0.382 e. The molecule has 0 aromatic heterocycles. The summed E-state index contributed by atoms with van der Waals surface area (Å²) in [5.41, 5.74) is 10.7. The van der Waals surface area contributed by atoms with Crippen molar-refractivity contribution in [3.8, 4) is 0 Å². The highest BCUT2D eigenvalue weighted by atomic mass is 16.1. The maximum Gasteiger partial charge on any atom is 0.196 e. The summed E-state index contributed by atoms with van der Waals surface area (Å²) in [7, 11) is 0. The van der Waals surface area contributed by atoms with Crippen molar-refractivity contribution < 1.29 is 19.2 Å². The average Bonchev–Trinajstić information content (AvgIpc) is 3.62. The van der Waals surface area contributed by atoms with E-state index in [0.29, 0.717) is 74.6 Å². The highest BCUT2D eigenvalue weighted by molar-refractivity contribution is 6.33. The molecule has 6 aliphatic rings. The van der Waals surface area contributed by atoms with Crippen LogP contribution in [-0.2, 0) is 12.8 Å². The summed E-state index contributed by atoms with van der Waals surface area (Å²) in [5.74, 6) is 0.560. The van der Waals surface area contributed by atoms with Gasteiger partial charge in [0.15, 0.2) is 23.1 Å². The number of aryl methyl sites for hydroxylation is 1. The van der Waals surface area contributed by atoms with Crippen molar-refractivity contribution >= 4 is 45.9 Å². The lowest BCUT2D eigenvalue weighted by atomic mass is 9.79. The first-order valence-corrected chi connectivity index (χ1v) is 30.6. The molecule has 4 fully saturated rings. The first kappa shape index (κ1) is 62.0. The molecule has 4 N–H and O–H groups in total. The van der Waals surface area contributed by atoms with Crippen LogP contribution in [0.5, 0.6) is 0 Å². The van der Waals surface area contributed by atoms with E-state index in [1.807, 2.05) is 48.5 Å². The summed E-state index contributed by atoms with van der Waals surface area (Å²) in [6.45, 7) is 6.80. The van der Waals surface area contributed by atoms with Gasteiger partial charge in [0, 0.05) is 69.2 Å². The molecule has 10 rings (SSSR count). The van der Waals surface area contributed by atoms with Crippen molar-refractivity contribution in [3.05, 3.63) is 116 Å². The number of rotatable bonds is 20. The second kappa shape index (κ2) is 30.4. The van der Waals surface area contributed by atoms with E-state index in [1.165, 1.54) is 133 Å². The molecular weight excluding hydrogens is 961 g/mol. The van der Waals surface area contributed by atoms with Crippen LogP contribution in [0.2, 0.25) is 0 Å². The standard InChI is InChI=1S/C34H46N2O2.C33H44N2O2.3CH4/c1-3-5-14-23(4-2)21-24-22-29(35-25-15-8-6-9-16-25)30-31(32(24)36-26-17-10-7-11-18-26)34(38)28-20-13-12-19-27(28)33(30)37;1-2-3-4-5-8-15-23-22-28(34-24-16-9-6-10-17-24)29-30(31(23)35-25-18-11-7-12-19-25)33(37)27-21-14-13-20-26(27)32(29)36;;;/h12-13,19-20,22-23,25-26,35-36H,3-11,14-18,21H2,1-2H3;13-14,20-22,24-25,34-35H,2-12,15-19H2,1H3;3*1H4. The molecule has 78 heavy (non-hydrogen) atoms. The van der Waals surface area contributed by atoms with Crippen molar-refractivity contribution in [3.63, 3.8) is 0 Å². The van der Waals surface area contributed by atoms with Gasteiger partial charge in [-0.2, -0.15) is 0 Å². The lowest BCUT2D eigenvalue weighted by Gasteiger charge is -2.32. The van der Waals surface area contributed by atoms with Crippen LogP contribution in [0.15, 0.2) is 60.7 Å². The van der Waals surface area contributed by atoms with Gasteiger partial charge in [-0.05, 0) is 99.8 Å². The summed E-state index contributed by atoms with van der Waals surface area (Å²) >= 11 is 0. The second-order valence-corrected chi connectivity index (χ2v) is 23.5. The summed E-state index contributed by atoms with van der Waals surface area (Å²) in [5, 5.41) is 15.3. The molecule has 6 aliphatic carbocycles. The minimum atomic E-state index is -0.00954. The third-order valence-electron chi connectivity index (χ3n) is 18.0. The maximum absolute atomic E-state index is 14.2. The van der Waals surface area contributed by atoms with Gasteiger partial charge in [0.2, 0.25) is 0 Å². The SMILES string of the molecule is C.C.C.CCCCC(CC)Cc1cc(NC2CCCCC2)c2c(c1NC1CCCCC1)C(=O)c1ccccc1C2=O.CCCCCCCc1cc(NC2CCCCC2)c2c(c1NC1CCCCC1)C(=O)c1ccccc1C2=O. The van der Waals surface area contributed by atoms with Crippen LogP contribution in [0.1, 0.15) is 304 Å². The van der Waals surface area contributed by atoms with Gasteiger partial charge in [0.25, 0.3) is 0 Å². The largest absolute Gasteiger partial charge is 0.382 e. The van der Waals surface area contributed by atoms with Crippen molar-refractivity contribution in [2.24, 2.45) is 5.92 Å². The third-order valence-corrected chi connectivity index (χ3v) is 18.0. The average molecular weight is 1060 g/mol. The van der Waals surface area contributed by atoms with Crippen molar-refractivity contribution in [2.75, 3.05) is 21.3 Å². The zero-order chi connectivity index (χ0) is 52.1. The summed E-state index contributed by atoms with van der Waals surface area (Å²) in [6, 6.07) is 20.8. The van der Waals surface area contributed by atoms with Crippen LogP contribution in [0.3, 0.4) is 0 Å². The van der Waals surface area contributed by atoms with E-state index in [0.717, 1.165) is 99.8 Å². The molecule has 8 nitrogen and oxygen atoms in total. The number of carbonyl (C=O) groups is 4. The Morgan fingerprint density at radius 2 is 0.756 bits per heavy atom. The number of hydrogen-bond donors (Lipinski definition) is 4. The Morgan fingerprint density at radius 1 is 0.410 bits per heavy atom. The van der Waals surface area contributed by atoms with Crippen LogP contribution in [-0.4, -0.2) is 47.3 Å². The third kappa shape index (κ3) is 14.6. The summed E-state index contributed by atoms with van der Waals surface area (Å²) in [4.78, 5) is 56.4. The van der Waals surface area contributed by atoms with Gasteiger partial charge in [0.1, 0.15) is 0 Å². The molecule has 4 aromatic carbocycles. The van der Waals surface area contributed by atoms with E-state index in [4.69, 9.17) is 0 Å². The zero-order valence-electron chi connectivity index (χ0n) is 46.2. The lowest BCUT2D eigenvalue weighted by Crippen LogP contribution is -2.30. The number of benzene rings is 4. The Labute approximate surface area is 472 Å². The predicted octanol–water partition coefficient (Wildman–Crippen LogP) is 19.1. The predicted molar refractivity (Wildman–Crippen MR) is 331 cm³/mol. The normalized spacial score (nSPS) is 18.0. The number of hydrogen-bond acceptors (Lipinski definition) is 8. The van der Waals surface area contributed by atoms with E-state index in [1.54, 1.807) is 0 Å². The van der Waals surface area contributed by atoms with Crippen molar-refractivity contribution in [1.82, 2.24) is 0 Å². The molecule has 0 radical (unpaired) electrons. The van der Waals surface area contributed by atoms with E-state index in [-0.39, 0.29) is 45.4 Å². The fourth-order valence-electron chi connectivity index (χ4n) is 13.6. The Kier molecular flexibility index (Phi) is 24.1. The molecule has 4 saturated carbocycles. The van der Waals surface area contributed by atoms with Gasteiger partial charge in [-0.3, -0.25) is 19.2 Å². The molecule has 0 bridgehead atoms. The highest BCUT2D eigenvalue weighted by Gasteiger charge is 2.38. The Morgan fingerprint density at radius 3 is 1.14 bits per heavy atom. The van der Waals surface area contributed by atoms with E-state index >= 15 is 0 Å². The fraction of sp³-hybridized carbons (Fsp3) is 0.600. The number of nitrogens with one attached hydrogen (secondary N) is 4. The van der Waals surface area contributed by atoms with E-state index < -0.39 is 0 Å². The highest BCUT2D eigenvalue weighted by Crippen LogP contribution is 2.44. The molecule has 1 unspecified atom stereocenters. The first-order chi connectivity index (χ1) is 36.8. The Bertz CT molecular complexity index is 2610. The Hall–Kier alpha value is -5.24. The topological polar surface area (TPSA) is 116 Å². The van der Waals surface area contributed by atoms with Crippen molar-refractivity contribution in [1.29, 1.82) is 0 Å². The van der Waals surface area contributed by atoms with Crippen LogP contribution < -0.4 is 21.3 Å². The minimum absolute atomic E-state index is 0. The molecule has 8 heteroatoms. The van der Waals surface area contributed by atoms with Crippen LogP contribution in [0.4, 0.5) is 22.7 Å². The van der Waals surface area contributed by atoms with Crippen LogP contribution in [0, 0.1) is 5.92 Å². The second-order valence-electron chi connectivity index (χ2n) is 23.5. The van der Waals surface area contributed by atoms with Gasteiger partial charge in [-0.15, -0.1) is 0 Å². The number of ketones is 4. The molecule has 0 heterocycles. The first-order valence-electron chi connectivity index (χ1n) is 30.6. The smallest absolute Gasteiger partial charge is 0.196 e. The summed E-state index contributed by atoms with van der Waals surface area (Å²) < 4.78 is 0. The molecule has 0 amide bonds. The lowest BCUT2D eigenvalue weighted by molar-refractivity contribution is 0.0980. The van der Waals surface area contributed by atoms with Gasteiger partial charge < -0.3 is 21.3 Å². The van der Waals surface area contributed by atoms with Gasteiger partial charge >= 0.3 is 0 Å². The number of anilines is 4. The molecule has 4 aromatic rings. The molecule has 426 valence electrons. The number of carbonyl (C=O) groups excluding carboxylic acids is 4. The van der Waals surface area contributed by atoms with E-state index in [9.17, 15) is 19.2 Å². The number of unbranched alkanes of at least 4 members (excludes halogenated alkanes) is 5. The maximum atomic E-state index is 14.2. The van der Waals surface area contributed by atoms with Gasteiger partial charge in [0.05, 0.1) is 22.3 Å². The zero-order valence-corrected chi connectivity index (χ0v) is 46.2. The quantitative estimate of drug-likeness (QED) is 0.0559. The molecular formula is C70H102N4O4. The molecule has 0 saturated heterocycles. The molecule has 1 atom stereocenters. The summed E-state index contributed by atoms with van der Waals surface area (Å²) in [6.07, 6.45) is 36.7. The Balaban J connectivity index is 0.000000243. The van der Waals surface area contributed by atoms with Gasteiger partial charge in [-0.1, -0.05) is 220 Å². The van der Waals surface area contributed by atoms with Crippen molar-refractivity contribution in [2.45, 2.75) is 266 Å². The monoisotopic (exact) mass is 1060 g/mol.